The van der Waals surface area contributed by atoms with Crippen LogP contribution in [-0.4, -0.2) is 15.8 Å². The molecule has 0 atom stereocenters. The van der Waals surface area contributed by atoms with Gasteiger partial charge in [-0.1, -0.05) is 24.3 Å². The van der Waals surface area contributed by atoms with Crippen LogP contribution in [0.5, 0.6) is 0 Å². The molecule has 2 aromatic heterocycles. The molecule has 150 valence electrons. The van der Waals surface area contributed by atoms with E-state index in [1.54, 1.807) is 34.8 Å². The van der Waals surface area contributed by atoms with E-state index in [1.807, 2.05) is 24.3 Å². The number of nitro groups is 1. The van der Waals surface area contributed by atoms with E-state index < -0.39 is 10.8 Å². The number of nitrogens with one attached hydrogen (secondary N) is 1. The maximum absolute atomic E-state index is 13.0. The minimum Gasteiger partial charge on any atom is -0.313 e. The Hall–Kier alpha value is -3.10. The Morgan fingerprint density at radius 3 is 2.63 bits per heavy atom. The van der Waals surface area contributed by atoms with Crippen LogP contribution in [0.1, 0.15) is 33.6 Å². The van der Waals surface area contributed by atoms with Crippen molar-refractivity contribution in [3.8, 4) is 10.6 Å². The quantitative estimate of drug-likeness (QED) is 0.312. The molecule has 4 aromatic rings. The van der Waals surface area contributed by atoms with E-state index in [-0.39, 0.29) is 11.3 Å². The number of fused-ring (bicyclic) bond motifs is 2. The number of carbonyl (C=O) groups excluding carboxylic acids is 1. The van der Waals surface area contributed by atoms with Crippen molar-refractivity contribution in [1.82, 2.24) is 4.98 Å². The highest BCUT2D eigenvalue weighted by Gasteiger charge is 2.27. The lowest BCUT2D eigenvalue weighted by Gasteiger charge is -2.11. The highest BCUT2D eigenvalue weighted by molar-refractivity contribution is 7.23. The summed E-state index contributed by atoms with van der Waals surface area (Å²) < 4.78 is 1.10. The summed E-state index contributed by atoms with van der Waals surface area (Å²) in [6.07, 6.45) is 4.18. The average Bonchev–Trinajstić information content (AvgIpc) is 3.34. The van der Waals surface area contributed by atoms with Crippen molar-refractivity contribution < 1.29 is 9.72 Å². The molecule has 2 aromatic carbocycles. The topological polar surface area (TPSA) is 85.1 Å². The van der Waals surface area contributed by atoms with Crippen molar-refractivity contribution in [1.29, 1.82) is 0 Å². The smallest absolute Gasteiger partial charge is 0.282 e. The third kappa shape index (κ3) is 3.28. The van der Waals surface area contributed by atoms with Gasteiger partial charge in [0, 0.05) is 16.5 Å². The fourth-order valence-electron chi connectivity index (χ4n) is 3.85. The molecule has 1 aliphatic rings. The number of hydrogen-bond acceptors (Lipinski definition) is 6. The van der Waals surface area contributed by atoms with E-state index in [4.69, 9.17) is 4.98 Å². The lowest BCUT2D eigenvalue weighted by Crippen LogP contribution is -2.13. The van der Waals surface area contributed by atoms with Gasteiger partial charge in [-0.25, -0.2) is 4.98 Å². The summed E-state index contributed by atoms with van der Waals surface area (Å²) in [5, 5.41) is 15.9. The molecule has 0 aliphatic heterocycles. The van der Waals surface area contributed by atoms with Crippen LogP contribution < -0.4 is 5.32 Å². The molecule has 5 rings (SSSR count). The van der Waals surface area contributed by atoms with Crippen molar-refractivity contribution >= 4 is 49.5 Å². The molecule has 1 N–H and O–H groups in total. The molecule has 0 saturated carbocycles. The molecule has 0 saturated heterocycles. The van der Waals surface area contributed by atoms with Gasteiger partial charge in [-0.05, 0) is 49.4 Å². The van der Waals surface area contributed by atoms with Gasteiger partial charge in [0.05, 0.1) is 15.1 Å². The first-order valence-electron chi connectivity index (χ1n) is 9.67. The van der Waals surface area contributed by atoms with Gasteiger partial charge in [-0.2, -0.15) is 0 Å². The molecule has 0 spiro atoms. The van der Waals surface area contributed by atoms with E-state index in [2.05, 4.69) is 5.32 Å². The van der Waals surface area contributed by atoms with Crippen molar-refractivity contribution in [2.75, 3.05) is 5.32 Å². The zero-order chi connectivity index (χ0) is 20.7. The average molecular weight is 436 g/mol. The maximum Gasteiger partial charge on any atom is 0.282 e. The van der Waals surface area contributed by atoms with Crippen LogP contribution in [0.25, 0.3) is 20.8 Å². The Morgan fingerprint density at radius 2 is 1.80 bits per heavy atom. The number of nitro benzene ring substituents is 1. The van der Waals surface area contributed by atoms with Crippen LogP contribution in [0.3, 0.4) is 0 Å². The monoisotopic (exact) mass is 435 g/mol. The van der Waals surface area contributed by atoms with E-state index in [9.17, 15) is 14.9 Å². The second-order valence-electron chi connectivity index (χ2n) is 7.13. The van der Waals surface area contributed by atoms with Crippen LogP contribution in [0.2, 0.25) is 0 Å². The Morgan fingerprint density at radius 1 is 1.03 bits per heavy atom. The fraction of sp³-hybridized carbons (Fsp3) is 0.182. The standard InChI is InChI=1S/C22H17N3O3S2/c26-20(13-7-1-4-10-16(13)25(27)28)24-22-19(14-8-2-5-11-17(14)29-22)21-23-15-9-3-6-12-18(15)30-21/h1,3-4,6-7,9-10,12H,2,5,8,11H2,(H,24,26). The molecule has 0 radical (unpaired) electrons. The molecule has 8 heteroatoms. The Labute approximate surface area is 180 Å². The first-order valence-corrected chi connectivity index (χ1v) is 11.3. The number of thiophene rings is 1. The van der Waals surface area contributed by atoms with E-state index >= 15 is 0 Å². The van der Waals surface area contributed by atoms with Crippen molar-refractivity contribution in [2.24, 2.45) is 0 Å². The summed E-state index contributed by atoms with van der Waals surface area (Å²) in [5.41, 5.74) is 3.03. The van der Waals surface area contributed by atoms with Gasteiger partial charge in [0.1, 0.15) is 15.6 Å². The molecule has 0 bridgehead atoms. The number of rotatable bonds is 4. The third-order valence-electron chi connectivity index (χ3n) is 5.25. The Kier molecular flexibility index (Phi) is 4.80. The number of benzene rings is 2. The van der Waals surface area contributed by atoms with E-state index in [0.717, 1.165) is 51.5 Å². The highest BCUT2D eigenvalue weighted by atomic mass is 32.1. The summed E-state index contributed by atoms with van der Waals surface area (Å²) in [4.78, 5) is 29.9. The third-order valence-corrected chi connectivity index (χ3v) is 7.51. The molecule has 0 fully saturated rings. The molecule has 2 heterocycles. The summed E-state index contributed by atoms with van der Waals surface area (Å²) in [6.45, 7) is 0. The molecule has 6 nitrogen and oxygen atoms in total. The Bertz CT molecular complexity index is 1260. The van der Waals surface area contributed by atoms with E-state index in [0.29, 0.717) is 0 Å². The predicted molar refractivity (Wildman–Crippen MR) is 121 cm³/mol. The molecule has 30 heavy (non-hydrogen) atoms. The van der Waals surface area contributed by atoms with Crippen LogP contribution in [0, 0.1) is 10.1 Å². The second-order valence-corrected chi connectivity index (χ2v) is 9.27. The van der Waals surface area contributed by atoms with Gasteiger partial charge in [0.15, 0.2) is 0 Å². The number of carbonyl (C=O) groups is 1. The van der Waals surface area contributed by atoms with Gasteiger partial charge in [-0.3, -0.25) is 14.9 Å². The molecular weight excluding hydrogens is 418 g/mol. The summed E-state index contributed by atoms with van der Waals surface area (Å²) >= 11 is 3.18. The summed E-state index contributed by atoms with van der Waals surface area (Å²) in [6, 6.07) is 14.0. The van der Waals surface area contributed by atoms with Gasteiger partial charge >= 0.3 is 0 Å². The minimum atomic E-state index is -0.525. The fourth-order valence-corrected chi connectivity index (χ4v) is 6.25. The Balaban J connectivity index is 1.60. The summed E-state index contributed by atoms with van der Waals surface area (Å²) in [5.74, 6) is -0.469. The van der Waals surface area contributed by atoms with Gasteiger partial charge in [0.2, 0.25) is 0 Å². The number of amides is 1. The molecule has 0 unspecified atom stereocenters. The van der Waals surface area contributed by atoms with Gasteiger partial charge < -0.3 is 5.32 Å². The number of thiazole rings is 1. The van der Waals surface area contributed by atoms with Crippen molar-refractivity contribution in [3.05, 3.63) is 74.6 Å². The largest absolute Gasteiger partial charge is 0.313 e. The van der Waals surface area contributed by atoms with Crippen LogP contribution in [0.15, 0.2) is 48.5 Å². The first-order chi connectivity index (χ1) is 14.6. The normalized spacial score (nSPS) is 13.2. The lowest BCUT2D eigenvalue weighted by molar-refractivity contribution is -0.385. The molecular formula is C22H17N3O3S2. The lowest BCUT2D eigenvalue weighted by atomic mass is 9.95. The number of aromatic nitrogens is 1. The van der Waals surface area contributed by atoms with Crippen LogP contribution >= 0.6 is 22.7 Å². The van der Waals surface area contributed by atoms with Gasteiger partial charge in [0.25, 0.3) is 11.6 Å². The molecule has 1 aliphatic carbocycles. The number of anilines is 1. The van der Waals surface area contributed by atoms with Gasteiger partial charge in [-0.15, -0.1) is 22.7 Å². The van der Waals surface area contributed by atoms with Crippen LogP contribution in [0.4, 0.5) is 10.7 Å². The number of hydrogen-bond donors (Lipinski definition) is 1. The predicted octanol–water partition coefficient (Wildman–Crippen LogP) is 6.06. The number of aryl methyl sites for hydroxylation is 1. The number of nitrogens with zero attached hydrogens (tertiary/aromatic N) is 2. The van der Waals surface area contributed by atoms with Crippen LogP contribution in [-0.2, 0) is 12.8 Å². The van der Waals surface area contributed by atoms with Crippen molar-refractivity contribution in [2.45, 2.75) is 25.7 Å². The first kappa shape index (κ1) is 18.9. The second kappa shape index (κ2) is 7.62. The summed E-state index contributed by atoms with van der Waals surface area (Å²) in [7, 11) is 0. The maximum atomic E-state index is 13.0. The SMILES string of the molecule is O=C(Nc1sc2c(c1-c1nc3ccccc3s1)CCCC2)c1ccccc1[N+](=O)[O-]. The number of para-hydroxylation sites is 2. The van der Waals surface area contributed by atoms with E-state index in [1.165, 1.54) is 22.6 Å². The van der Waals surface area contributed by atoms with Crippen molar-refractivity contribution in [3.63, 3.8) is 0 Å². The zero-order valence-electron chi connectivity index (χ0n) is 15.9. The molecule has 1 amide bonds. The minimum absolute atomic E-state index is 0.0594. The highest BCUT2D eigenvalue weighted by Crippen LogP contribution is 2.46. The zero-order valence-corrected chi connectivity index (χ0v) is 17.5.